The molecule has 6 amide bonds. The Bertz CT molecular complexity index is 1320. The Hall–Kier alpha value is -5.59. The van der Waals surface area contributed by atoms with Crippen LogP contribution in [-0.4, -0.2) is 108 Å². The number of hydrogen-bond acceptors (Lipinski definition) is 11. The maximum atomic E-state index is 12.6. The third-order valence-corrected chi connectivity index (χ3v) is 5.93. The second-order valence-electron chi connectivity index (χ2n) is 10.1. The van der Waals surface area contributed by atoms with Gasteiger partial charge >= 0.3 is 17.9 Å². The maximum absolute atomic E-state index is 12.6. The lowest BCUT2D eigenvalue weighted by Crippen LogP contribution is -2.55. The van der Waals surface area contributed by atoms with Crippen molar-refractivity contribution in [3.8, 4) is 0 Å². The van der Waals surface area contributed by atoms with Crippen molar-refractivity contribution in [1.82, 2.24) is 31.9 Å². The van der Waals surface area contributed by atoms with Gasteiger partial charge in [-0.3, -0.25) is 43.2 Å². The Morgan fingerprint density at radius 3 is 1.89 bits per heavy atom. The smallest absolute Gasteiger partial charge is 0.317 e. The van der Waals surface area contributed by atoms with Gasteiger partial charge in [-0.05, 0) is 24.6 Å². The first-order valence-electron chi connectivity index (χ1n) is 14.2. The molecule has 3 atom stereocenters. The molecule has 1 rings (SSSR count). The Kier molecular flexibility index (Phi) is 17.2. The monoisotopic (exact) mass is 665 g/mol. The molecule has 47 heavy (non-hydrogen) atoms. The Morgan fingerprint density at radius 2 is 1.30 bits per heavy atom. The molecular formula is C28H39N7O12. The minimum Gasteiger partial charge on any atom is -0.481 e. The van der Waals surface area contributed by atoms with Crippen LogP contribution in [0.3, 0.4) is 0 Å². The normalized spacial score (nSPS) is 12.2. The van der Waals surface area contributed by atoms with E-state index in [0.29, 0.717) is 11.3 Å². The van der Waals surface area contributed by atoms with Crippen molar-refractivity contribution in [3.63, 3.8) is 0 Å². The largest absolute Gasteiger partial charge is 0.481 e. The van der Waals surface area contributed by atoms with Crippen LogP contribution in [0.4, 0.5) is 5.69 Å². The molecule has 0 fully saturated rings. The Labute approximate surface area is 268 Å². The van der Waals surface area contributed by atoms with Gasteiger partial charge in [0.1, 0.15) is 18.7 Å². The van der Waals surface area contributed by atoms with E-state index in [4.69, 9.17) is 14.9 Å². The van der Waals surface area contributed by atoms with E-state index in [1.807, 2.05) is 0 Å². The number of hydrogen-bond donors (Lipinski definition) is 9. The van der Waals surface area contributed by atoms with Crippen molar-refractivity contribution in [2.24, 2.45) is 5.92 Å². The van der Waals surface area contributed by atoms with Crippen molar-refractivity contribution in [3.05, 3.63) is 29.8 Å². The number of carbonyl (C=O) groups excluding carboxylic acids is 7. The first-order chi connectivity index (χ1) is 22.1. The lowest BCUT2D eigenvalue weighted by Gasteiger charge is -2.20. The molecule has 0 spiro atoms. The molecule has 1 unspecified atom stereocenters. The summed E-state index contributed by atoms with van der Waals surface area (Å²) in [7, 11) is 0. The van der Waals surface area contributed by atoms with E-state index >= 15 is 0 Å². The summed E-state index contributed by atoms with van der Waals surface area (Å²) in [5.74, 6) is -8.39. The predicted molar refractivity (Wildman–Crippen MR) is 161 cm³/mol. The predicted octanol–water partition coefficient (Wildman–Crippen LogP) is -3.19. The highest BCUT2D eigenvalue weighted by molar-refractivity contribution is 5.96. The molecule has 258 valence electrons. The molecule has 9 N–H and O–H groups in total. The van der Waals surface area contributed by atoms with Crippen molar-refractivity contribution in [2.75, 3.05) is 38.0 Å². The van der Waals surface area contributed by atoms with E-state index in [1.165, 1.54) is 20.8 Å². The van der Waals surface area contributed by atoms with Gasteiger partial charge in [0.05, 0.1) is 32.6 Å². The highest BCUT2D eigenvalue weighted by Gasteiger charge is 2.25. The summed E-state index contributed by atoms with van der Waals surface area (Å²) < 4.78 is 4.88. The van der Waals surface area contributed by atoms with Gasteiger partial charge in [0.2, 0.25) is 35.4 Å². The molecule has 19 nitrogen and oxygen atoms in total. The quantitative estimate of drug-likeness (QED) is 0.0622. The van der Waals surface area contributed by atoms with E-state index in [-0.39, 0.29) is 13.2 Å². The number of nitrogens with one attached hydrogen (secondary N) is 7. The Morgan fingerprint density at radius 1 is 0.702 bits per heavy atom. The molecule has 1 aromatic rings. The van der Waals surface area contributed by atoms with E-state index in [0.717, 1.165) is 0 Å². The molecule has 0 bridgehead atoms. The van der Waals surface area contributed by atoms with Crippen LogP contribution >= 0.6 is 0 Å². The number of ether oxygens (including phenoxy) is 1. The minimum absolute atomic E-state index is 0.0819. The molecule has 0 saturated carbocycles. The number of esters is 1. The molecule has 0 aromatic heterocycles. The van der Waals surface area contributed by atoms with Crippen molar-refractivity contribution >= 4 is 59.0 Å². The van der Waals surface area contributed by atoms with Crippen LogP contribution in [0.5, 0.6) is 0 Å². The zero-order chi connectivity index (χ0) is 35.5. The lowest BCUT2D eigenvalue weighted by molar-refractivity contribution is -0.142. The fraction of sp³-hybridized carbons (Fsp3) is 0.464. The van der Waals surface area contributed by atoms with Gasteiger partial charge in [-0.2, -0.15) is 0 Å². The Balaban J connectivity index is 2.46. The van der Waals surface area contributed by atoms with E-state index in [1.54, 1.807) is 24.3 Å². The minimum atomic E-state index is -1.35. The number of aliphatic carboxylic acids is 2. The second kappa shape index (κ2) is 20.4. The molecular weight excluding hydrogens is 626 g/mol. The highest BCUT2D eigenvalue weighted by atomic mass is 16.5. The lowest BCUT2D eigenvalue weighted by atomic mass is 10.1. The third kappa shape index (κ3) is 17.5. The summed E-state index contributed by atoms with van der Waals surface area (Å²) in [6.45, 7) is 1.53. The molecule has 0 radical (unpaired) electrons. The standard InChI is InChI=1S/C28H39N7O12/c1-15(8-24(40)41)26(44)35-20(9-29-13-25(42)43)28(46)32-10-21(37)30-11-22(38)33-16(2)27(45)31-12-23(39)34-19-6-4-18(5-7-19)14-47-17(3)36/h4-7,15-16,20,29H,8-14H2,1-3H3,(H,30,37)(H,31,45)(H,32,46)(H,33,38)(H,34,39)(H,35,44)(H,40,41)(H,42,43)/t15?,16-,20-/m0/s1. The fourth-order valence-corrected chi connectivity index (χ4v) is 3.49. The second-order valence-corrected chi connectivity index (χ2v) is 10.1. The summed E-state index contributed by atoms with van der Waals surface area (Å²) in [4.78, 5) is 106. The number of benzene rings is 1. The topological polar surface area (TPSA) is 288 Å². The average Bonchev–Trinajstić information content (AvgIpc) is 2.99. The number of amides is 6. The molecule has 19 heteroatoms. The fourth-order valence-electron chi connectivity index (χ4n) is 3.49. The van der Waals surface area contributed by atoms with Gasteiger partial charge in [-0.25, -0.2) is 0 Å². The van der Waals surface area contributed by atoms with E-state index in [9.17, 15) is 43.2 Å². The van der Waals surface area contributed by atoms with Crippen LogP contribution in [0.25, 0.3) is 0 Å². The first kappa shape index (κ1) is 39.4. The van der Waals surface area contributed by atoms with Crippen LogP contribution in [0.1, 0.15) is 32.8 Å². The zero-order valence-corrected chi connectivity index (χ0v) is 26.0. The highest BCUT2D eigenvalue weighted by Crippen LogP contribution is 2.10. The third-order valence-electron chi connectivity index (χ3n) is 5.93. The number of rotatable bonds is 20. The van der Waals surface area contributed by atoms with E-state index in [2.05, 4.69) is 37.2 Å². The summed E-state index contributed by atoms with van der Waals surface area (Å²) >= 11 is 0. The van der Waals surface area contributed by atoms with Gasteiger partial charge in [0, 0.05) is 25.1 Å². The number of carbonyl (C=O) groups is 9. The molecule has 1 aromatic carbocycles. The summed E-state index contributed by atoms with van der Waals surface area (Å²) in [6, 6.07) is 4.03. The average molecular weight is 666 g/mol. The van der Waals surface area contributed by atoms with Gasteiger partial charge in [-0.1, -0.05) is 19.1 Å². The number of carboxylic acid groups (broad SMARTS) is 2. The summed E-state index contributed by atoms with van der Waals surface area (Å²) in [5, 5.41) is 34.1. The molecule has 0 heterocycles. The zero-order valence-electron chi connectivity index (χ0n) is 26.0. The van der Waals surface area contributed by atoms with Crippen molar-refractivity contribution in [1.29, 1.82) is 0 Å². The summed E-state index contributed by atoms with van der Waals surface area (Å²) in [6.07, 6.45) is -0.514. The SMILES string of the molecule is CC(=O)OCc1ccc(NC(=O)CNC(=O)[C@H](C)NC(=O)CNC(=O)CNC(=O)[C@H](CNCC(=O)O)NC(=O)C(C)CC(=O)O)cc1. The van der Waals surface area contributed by atoms with E-state index < -0.39 is 104 Å². The van der Waals surface area contributed by atoms with Gasteiger partial charge in [-0.15, -0.1) is 0 Å². The van der Waals surface area contributed by atoms with Crippen LogP contribution in [0.15, 0.2) is 24.3 Å². The van der Waals surface area contributed by atoms with Crippen molar-refractivity contribution in [2.45, 2.75) is 45.9 Å². The molecule has 0 aliphatic carbocycles. The van der Waals surface area contributed by atoms with Gasteiger partial charge < -0.3 is 52.2 Å². The number of carboxylic acids is 2. The first-order valence-corrected chi connectivity index (χ1v) is 14.2. The summed E-state index contributed by atoms with van der Waals surface area (Å²) in [5.41, 5.74) is 1.14. The van der Waals surface area contributed by atoms with Gasteiger partial charge in [0.15, 0.2) is 0 Å². The van der Waals surface area contributed by atoms with Crippen LogP contribution in [0, 0.1) is 5.92 Å². The molecule has 0 saturated heterocycles. The van der Waals surface area contributed by atoms with Crippen LogP contribution in [-0.2, 0) is 54.5 Å². The van der Waals surface area contributed by atoms with Gasteiger partial charge in [0.25, 0.3) is 0 Å². The van der Waals surface area contributed by atoms with Crippen molar-refractivity contribution < 1.29 is 58.1 Å². The molecule has 0 aliphatic rings. The van der Waals surface area contributed by atoms with Crippen LogP contribution in [0.2, 0.25) is 0 Å². The molecule has 0 aliphatic heterocycles. The van der Waals surface area contributed by atoms with Crippen LogP contribution < -0.4 is 37.2 Å². The maximum Gasteiger partial charge on any atom is 0.317 e. The number of anilines is 1.